The zero-order chi connectivity index (χ0) is 14.4. The summed E-state index contributed by atoms with van der Waals surface area (Å²) in [6, 6.07) is 4.34. The molecule has 0 aliphatic carbocycles. The molecule has 0 bridgehead atoms. The summed E-state index contributed by atoms with van der Waals surface area (Å²) >= 11 is 0. The molecule has 3 N–H and O–H groups in total. The fourth-order valence-corrected chi connectivity index (χ4v) is 1.67. The second-order valence-corrected chi connectivity index (χ2v) is 4.59. The molecule has 0 aliphatic rings. The van der Waals surface area contributed by atoms with Crippen LogP contribution >= 0.6 is 0 Å². The molecule has 1 rings (SSSR count). The first-order valence-corrected chi connectivity index (χ1v) is 6.09. The summed E-state index contributed by atoms with van der Waals surface area (Å²) in [5.41, 5.74) is 6.36. The van der Waals surface area contributed by atoms with Crippen molar-refractivity contribution >= 4 is 11.9 Å². The Bertz CT molecular complexity index is 434. The van der Waals surface area contributed by atoms with Crippen molar-refractivity contribution in [2.24, 2.45) is 5.73 Å². The van der Waals surface area contributed by atoms with Crippen LogP contribution in [0.3, 0.4) is 0 Å². The molecule has 0 spiro atoms. The zero-order valence-electron chi connectivity index (χ0n) is 11.1. The van der Waals surface area contributed by atoms with Gasteiger partial charge in [0.2, 0.25) is 5.91 Å². The van der Waals surface area contributed by atoms with Gasteiger partial charge in [0.25, 0.3) is 0 Å². The molecule has 0 radical (unpaired) electrons. The Labute approximate surface area is 112 Å². The summed E-state index contributed by atoms with van der Waals surface area (Å²) in [6.07, 6.45) is 1.28. The maximum absolute atomic E-state index is 12.1. The van der Waals surface area contributed by atoms with Crippen LogP contribution in [0.15, 0.2) is 24.4 Å². The lowest BCUT2D eigenvalue weighted by Gasteiger charge is -2.28. The van der Waals surface area contributed by atoms with E-state index >= 15 is 0 Å². The Kier molecular flexibility index (Phi) is 5.44. The number of aliphatic carboxylic acids is 1. The van der Waals surface area contributed by atoms with Gasteiger partial charge >= 0.3 is 5.97 Å². The van der Waals surface area contributed by atoms with Gasteiger partial charge in [-0.3, -0.25) is 14.6 Å². The van der Waals surface area contributed by atoms with Gasteiger partial charge in [-0.05, 0) is 26.0 Å². The van der Waals surface area contributed by atoms with Crippen LogP contribution in [0.2, 0.25) is 0 Å². The summed E-state index contributed by atoms with van der Waals surface area (Å²) in [5.74, 6) is -1.45. The number of amides is 1. The standard InChI is InChI=1S/C13H19N3O3/c1-9(2)16(8-10-5-3-4-6-15-10)13(19)11(14)7-12(17)18/h3-6,9,11H,7-8,14H2,1-2H3,(H,17,18). The van der Waals surface area contributed by atoms with Crippen molar-refractivity contribution in [3.8, 4) is 0 Å². The van der Waals surface area contributed by atoms with E-state index in [2.05, 4.69) is 4.98 Å². The molecule has 6 heteroatoms. The molecular weight excluding hydrogens is 246 g/mol. The summed E-state index contributed by atoms with van der Waals surface area (Å²) in [4.78, 5) is 28.4. The first kappa shape index (κ1) is 15.1. The summed E-state index contributed by atoms with van der Waals surface area (Å²) in [6.45, 7) is 4.04. The lowest BCUT2D eigenvalue weighted by atomic mass is 10.1. The number of nitrogens with two attached hydrogens (primary N) is 1. The highest BCUT2D eigenvalue weighted by molar-refractivity contribution is 5.86. The van der Waals surface area contributed by atoms with Crippen LogP contribution in [-0.4, -0.2) is 39.0 Å². The molecule has 1 amide bonds. The van der Waals surface area contributed by atoms with Crippen molar-refractivity contribution in [1.29, 1.82) is 0 Å². The van der Waals surface area contributed by atoms with E-state index in [0.29, 0.717) is 6.54 Å². The van der Waals surface area contributed by atoms with Gasteiger partial charge in [-0.15, -0.1) is 0 Å². The van der Waals surface area contributed by atoms with Crippen molar-refractivity contribution in [2.75, 3.05) is 0 Å². The minimum Gasteiger partial charge on any atom is -0.481 e. The van der Waals surface area contributed by atoms with Crippen LogP contribution in [0.4, 0.5) is 0 Å². The first-order valence-electron chi connectivity index (χ1n) is 6.09. The molecule has 0 aromatic carbocycles. The lowest BCUT2D eigenvalue weighted by molar-refractivity contribution is -0.143. The number of pyridine rings is 1. The zero-order valence-corrected chi connectivity index (χ0v) is 11.1. The molecule has 1 unspecified atom stereocenters. The highest BCUT2D eigenvalue weighted by Crippen LogP contribution is 2.09. The fourth-order valence-electron chi connectivity index (χ4n) is 1.67. The lowest BCUT2D eigenvalue weighted by Crippen LogP contribution is -2.47. The number of carboxylic acids is 1. The highest BCUT2D eigenvalue weighted by Gasteiger charge is 2.25. The van der Waals surface area contributed by atoms with Gasteiger partial charge in [-0.25, -0.2) is 0 Å². The fraction of sp³-hybridized carbons (Fsp3) is 0.462. The largest absolute Gasteiger partial charge is 0.481 e. The second-order valence-electron chi connectivity index (χ2n) is 4.59. The van der Waals surface area contributed by atoms with Crippen molar-refractivity contribution < 1.29 is 14.7 Å². The van der Waals surface area contributed by atoms with E-state index in [1.54, 1.807) is 12.3 Å². The number of carbonyl (C=O) groups excluding carboxylic acids is 1. The number of hydrogen-bond donors (Lipinski definition) is 2. The Hall–Kier alpha value is -1.95. The van der Waals surface area contributed by atoms with E-state index in [1.165, 1.54) is 4.90 Å². The molecule has 1 heterocycles. The average molecular weight is 265 g/mol. The molecule has 1 atom stereocenters. The van der Waals surface area contributed by atoms with Gasteiger partial charge in [0.05, 0.1) is 24.7 Å². The first-order chi connectivity index (χ1) is 8.91. The number of rotatable bonds is 6. The van der Waals surface area contributed by atoms with Crippen molar-refractivity contribution in [1.82, 2.24) is 9.88 Å². The predicted molar refractivity (Wildman–Crippen MR) is 70.2 cm³/mol. The highest BCUT2D eigenvalue weighted by atomic mass is 16.4. The van der Waals surface area contributed by atoms with Gasteiger partial charge in [0.15, 0.2) is 0 Å². The molecule has 6 nitrogen and oxygen atoms in total. The average Bonchev–Trinajstić information content (AvgIpc) is 2.35. The third kappa shape index (κ3) is 4.67. The predicted octanol–water partition coefficient (Wildman–Crippen LogP) is 0.621. The topological polar surface area (TPSA) is 96.5 Å². The monoisotopic (exact) mass is 265 g/mol. The van der Waals surface area contributed by atoms with E-state index in [-0.39, 0.29) is 18.4 Å². The molecular formula is C13H19N3O3. The normalized spacial score (nSPS) is 12.2. The minimum atomic E-state index is -1.08. The minimum absolute atomic E-state index is 0.0747. The number of nitrogens with zero attached hydrogens (tertiary/aromatic N) is 2. The van der Waals surface area contributed by atoms with Crippen molar-refractivity contribution in [2.45, 2.75) is 38.9 Å². The third-order valence-electron chi connectivity index (χ3n) is 2.68. The van der Waals surface area contributed by atoms with Gasteiger partial charge in [0.1, 0.15) is 0 Å². The Morgan fingerprint density at radius 2 is 2.11 bits per heavy atom. The van der Waals surface area contributed by atoms with E-state index < -0.39 is 12.0 Å². The molecule has 0 saturated carbocycles. The van der Waals surface area contributed by atoms with E-state index in [0.717, 1.165) is 5.69 Å². The Morgan fingerprint density at radius 1 is 1.42 bits per heavy atom. The molecule has 0 fully saturated rings. The molecule has 104 valence electrons. The maximum atomic E-state index is 12.1. The van der Waals surface area contributed by atoms with Crippen LogP contribution in [-0.2, 0) is 16.1 Å². The Morgan fingerprint density at radius 3 is 2.58 bits per heavy atom. The van der Waals surface area contributed by atoms with Gasteiger partial charge < -0.3 is 15.7 Å². The molecule has 1 aromatic heterocycles. The molecule has 1 aromatic rings. The number of carboxylic acid groups (broad SMARTS) is 1. The van der Waals surface area contributed by atoms with Gasteiger partial charge in [-0.1, -0.05) is 6.07 Å². The van der Waals surface area contributed by atoms with E-state index in [9.17, 15) is 9.59 Å². The molecule has 0 saturated heterocycles. The smallest absolute Gasteiger partial charge is 0.305 e. The summed E-state index contributed by atoms with van der Waals surface area (Å²) < 4.78 is 0. The number of carbonyl (C=O) groups is 2. The number of hydrogen-bond acceptors (Lipinski definition) is 4. The van der Waals surface area contributed by atoms with Gasteiger partial charge in [0, 0.05) is 12.2 Å². The van der Waals surface area contributed by atoms with Crippen LogP contribution < -0.4 is 5.73 Å². The third-order valence-corrected chi connectivity index (χ3v) is 2.68. The van der Waals surface area contributed by atoms with E-state index in [1.807, 2.05) is 26.0 Å². The van der Waals surface area contributed by atoms with Crippen LogP contribution in [0.5, 0.6) is 0 Å². The quantitative estimate of drug-likeness (QED) is 0.786. The van der Waals surface area contributed by atoms with Crippen LogP contribution in [0.25, 0.3) is 0 Å². The van der Waals surface area contributed by atoms with Crippen LogP contribution in [0, 0.1) is 0 Å². The van der Waals surface area contributed by atoms with E-state index in [4.69, 9.17) is 10.8 Å². The SMILES string of the molecule is CC(C)N(Cc1ccccn1)C(=O)C(N)CC(=O)O. The van der Waals surface area contributed by atoms with Gasteiger partial charge in [-0.2, -0.15) is 0 Å². The maximum Gasteiger partial charge on any atom is 0.305 e. The van der Waals surface area contributed by atoms with Crippen LogP contribution in [0.1, 0.15) is 26.0 Å². The van der Waals surface area contributed by atoms with Crippen molar-refractivity contribution in [3.05, 3.63) is 30.1 Å². The molecule has 19 heavy (non-hydrogen) atoms. The summed E-state index contributed by atoms with van der Waals surface area (Å²) in [5, 5.41) is 8.68. The second kappa shape index (κ2) is 6.84. The Balaban J connectivity index is 2.77. The van der Waals surface area contributed by atoms with Crippen molar-refractivity contribution in [3.63, 3.8) is 0 Å². The number of aromatic nitrogens is 1. The summed E-state index contributed by atoms with van der Waals surface area (Å²) in [7, 11) is 0. The molecule has 0 aliphatic heterocycles.